The largest absolute Gasteiger partial charge is 0.295 e. The summed E-state index contributed by atoms with van der Waals surface area (Å²) in [4.78, 5) is 11.3. The van der Waals surface area contributed by atoms with E-state index < -0.39 is 15.1 Å². The zero-order valence-electron chi connectivity index (χ0n) is 7.96. The van der Waals surface area contributed by atoms with Crippen molar-refractivity contribution < 1.29 is 13.2 Å². The Bertz CT molecular complexity index is 500. The fourth-order valence-corrected chi connectivity index (χ4v) is 3.10. The molecule has 0 aromatic heterocycles. The molecule has 1 atom stereocenters. The van der Waals surface area contributed by atoms with Crippen LogP contribution in [0.25, 0.3) is 0 Å². The van der Waals surface area contributed by atoms with Gasteiger partial charge in [0.25, 0.3) is 0 Å². The number of carbonyl (C=O) groups is 1. The summed E-state index contributed by atoms with van der Waals surface area (Å²) in [5.74, 6) is -0.125. The molecule has 1 aromatic rings. The maximum Gasteiger partial charge on any atom is 0.185 e. The molecule has 0 saturated carbocycles. The average Bonchev–Trinajstić information content (AvgIpc) is 2.67. The summed E-state index contributed by atoms with van der Waals surface area (Å²) in [6.45, 7) is 0. The fraction of sp³-hybridized carbons (Fsp3) is 0.182. The minimum absolute atomic E-state index is 0.0667. The molecule has 4 heteroatoms. The van der Waals surface area contributed by atoms with E-state index in [0.717, 1.165) is 0 Å². The number of allylic oxidation sites excluding steroid dienone is 1. The van der Waals surface area contributed by atoms with E-state index in [1.54, 1.807) is 30.3 Å². The summed E-state index contributed by atoms with van der Waals surface area (Å²) in [6, 6.07) is 8.20. The third-order valence-electron chi connectivity index (χ3n) is 2.37. The predicted octanol–water partition coefficient (Wildman–Crippen LogP) is 1.36. The summed E-state index contributed by atoms with van der Waals surface area (Å²) in [5, 5.41) is -0.688. The van der Waals surface area contributed by atoms with Crippen LogP contribution < -0.4 is 0 Å². The normalized spacial score (nSPS) is 20.8. The van der Waals surface area contributed by atoms with Gasteiger partial charge >= 0.3 is 0 Å². The van der Waals surface area contributed by atoms with Gasteiger partial charge in [0.2, 0.25) is 0 Å². The van der Waals surface area contributed by atoms with Crippen molar-refractivity contribution in [1.29, 1.82) is 0 Å². The van der Waals surface area contributed by atoms with E-state index in [1.807, 2.05) is 0 Å². The molecule has 0 N–H and O–H groups in total. The van der Waals surface area contributed by atoms with Crippen molar-refractivity contribution in [2.45, 2.75) is 16.6 Å². The Labute approximate surface area is 88.3 Å². The highest BCUT2D eigenvalue weighted by Crippen LogP contribution is 2.22. The van der Waals surface area contributed by atoms with Crippen molar-refractivity contribution in [3.63, 3.8) is 0 Å². The Kier molecular flexibility index (Phi) is 2.44. The first kappa shape index (κ1) is 10.1. The molecule has 1 aliphatic rings. The molecule has 3 nitrogen and oxygen atoms in total. The highest BCUT2D eigenvalue weighted by atomic mass is 32.2. The lowest BCUT2D eigenvalue weighted by Crippen LogP contribution is -2.18. The molecule has 1 aliphatic carbocycles. The number of hydrogen-bond donors (Lipinski definition) is 0. The van der Waals surface area contributed by atoms with E-state index in [0.29, 0.717) is 0 Å². The van der Waals surface area contributed by atoms with Gasteiger partial charge in [0.1, 0.15) is 0 Å². The second kappa shape index (κ2) is 3.62. The number of rotatable bonds is 2. The van der Waals surface area contributed by atoms with Crippen molar-refractivity contribution in [1.82, 2.24) is 0 Å². The van der Waals surface area contributed by atoms with Gasteiger partial charge in [0, 0.05) is 6.42 Å². The highest BCUT2D eigenvalue weighted by Gasteiger charge is 2.30. The average molecular weight is 222 g/mol. The molecular formula is C11H10O3S. The van der Waals surface area contributed by atoms with Gasteiger partial charge in [0.15, 0.2) is 15.6 Å². The third kappa shape index (κ3) is 1.85. The molecule has 0 fully saturated rings. The Morgan fingerprint density at radius 1 is 1.13 bits per heavy atom. The fourth-order valence-electron chi connectivity index (χ4n) is 1.55. The molecule has 0 bridgehead atoms. The predicted molar refractivity (Wildman–Crippen MR) is 56.2 cm³/mol. The van der Waals surface area contributed by atoms with E-state index in [4.69, 9.17) is 0 Å². The Hall–Kier alpha value is -1.42. The summed E-state index contributed by atoms with van der Waals surface area (Å²) in [5.41, 5.74) is 0. The van der Waals surface area contributed by atoms with Crippen molar-refractivity contribution in [2.75, 3.05) is 0 Å². The first-order valence-corrected chi connectivity index (χ1v) is 6.15. The minimum atomic E-state index is -3.38. The molecule has 15 heavy (non-hydrogen) atoms. The first-order valence-electron chi connectivity index (χ1n) is 4.61. The molecule has 0 aliphatic heterocycles. The zero-order chi connectivity index (χ0) is 10.9. The number of benzene rings is 1. The van der Waals surface area contributed by atoms with Crippen LogP contribution in [0.1, 0.15) is 6.42 Å². The molecule has 2 rings (SSSR count). The quantitative estimate of drug-likeness (QED) is 0.759. The summed E-state index contributed by atoms with van der Waals surface area (Å²) in [6.07, 6.45) is 2.87. The van der Waals surface area contributed by atoms with Gasteiger partial charge in [-0.25, -0.2) is 8.42 Å². The third-order valence-corrected chi connectivity index (χ3v) is 4.42. The maximum atomic E-state index is 12.0. The second-order valence-electron chi connectivity index (χ2n) is 3.43. The van der Waals surface area contributed by atoms with Crippen LogP contribution in [0.4, 0.5) is 0 Å². The van der Waals surface area contributed by atoms with Crippen LogP contribution in [0.3, 0.4) is 0 Å². The molecule has 0 saturated heterocycles. The van der Waals surface area contributed by atoms with Crippen LogP contribution in [0, 0.1) is 0 Å². The number of carbonyl (C=O) groups excluding carboxylic acids is 1. The lowest BCUT2D eigenvalue weighted by atomic mass is 10.3. The van der Waals surface area contributed by atoms with Crippen LogP contribution in [0.2, 0.25) is 0 Å². The van der Waals surface area contributed by atoms with Crippen LogP contribution in [-0.4, -0.2) is 19.5 Å². The second-order valence-corrected chi connectivity index (χ2v) is 5.59. The van der Waals surface area contributed by atoms with Crippen LogP contribution >= 0.6 is 0 Å². The smallest absolute Gasteiger partial charge is 0.185 e. The summed E-state index contributed by atoms with van der Waals surface area (Å²) in [7, 11) is -3.38. The number of sulfone groups is 1. The van der Waals surface area contributed by atoms with Crippen LogP contribution in [0.5, 0.6) is 0 Å². The molecule has 1 unspecified atom stereocenters. The van der Waals surface area contributed by atoms with Gasteiger partial charge in [-0.3, -0.25) is 4.79 Å². The van der Waals surface area contributed by atoms with Crippen LogP contribution in [0.15, 0.2) is 47.4 Å². The zero-order valence-corrected chi connectivity index (χ0v) is 8.78. The first-order chi connectivity index (χ1) is 7.10. The van der Waals surface area contributed by atoms with E-state index in [2.05, 4.69) is 0 Å². The molecule has 0 heterocycles. The van der Waals surface area contributed by atoms with Crippen LogP contribution in [-0.2, 0) is 14.6 Å². The standard InChI is InChI=1S/C11H10O3S/c12-9-6-7-11(8-9)15(13,14)10-4-2-1-3-5-10/h1-7,11H,8H2. The lowest BCUT2D eigenvalue weighted by Gasteiger charge is -2.08. The molecule has 0 radical (unpaired) electrons. The summed E-state index contributed by atoms with van der Waals surface area (Å²) < 4.78 is 24.0. The van der Waals surface area contributed by atoms with Crippen molar-refractivity contribution in [3.8, 4) is 0 Å². The Balaban J connectivity index is 2.37. The van der Waals surface area contributed by atoms with Crippen molar-refractivity contribution >= 4 is 15.6 Å². The lowest BCUT2D eigenvalue weighted by molar-refractivity contribution is -0.113. The van der Waals surface area contributed by atoms with E-state index in [1.165, 1.54) is 12.2 Å². The van der Waals surface area contributed by atoms with E-state index in [-0.39, 0.29) is 17.1 Å². The molecule has 78 valence electrons. The van der Waals surface area contributed by atoms with Gasteiger partial charge in [-0.2, -0.15) is 0 Å². The van der Waals surface area contributed by atoms with E-state index >= 15 is 0 Å². The Morgan fingerprint density at radius 3 is 2.33 bits per heavy atom. The van der Waals surface area contributed by atoms with Gasteiger partial charge in [-0.1, -0.05) is 24.3 Å². The molecule has 0 amide bonds. The van der Waals surface area contributed by atoms with Gasteiger partial charge in [-0.15, -0.1) is 0 Å². The minimum Gasteiger partial charge on any atom is -0.295 e. The highest BCUT2D eigenvalue weighted by molar-refractivity contribution is 7.92. The molecule has 1 aromatic carbocycles. The van der Waals surface area contributed by atoms with Gasteiger partial charge < -0.3 is 0 Å². The number of ketones is 1. The molecule has 0 spiro atoms. The topological polar surface area (TPSA) is 51.2 Å². The summed E-state index contributed by atoms with van der Waals surface area (Å²) >= 11 is 0. The monoisotopic (exact) mass is 222 g/mol. The van der Waals surface area contributed by atoms with Crippen molar-refractivity contribution in [2.24, 2.45) is 0 Å². The van der Waals surface area contributed by atoms with Crippen molar-refractivity contribution in [3.05, 3.63) is 42.5 Å². The van der Waals surface area contributed by atoms with Gasteiger partial charge in [0.05, 0.1) is 10.1 Å². The number of hydrogen-bond acceptors (Lipinski definition) is 3. The van der Waals surface area contributed by atoms with Gasteiger partial charge in [-0.05, 0) is 18.2 Å². The maximum absolute atomic E-state index is 12.0. The molecular weight excluding hydrogens is 212 g/mol. The Morgan fingerprint density at radius 2 is 1.80 bits per heavy atom. The van der Waals surface area contributed by atoms with E-state index in [9.17, 15) is 13.2 Å². The SMILES string of the molecule is O=C1C=CC(S(=O)(=O)c2ccccc2)C1.